The van der Waals surface area contributed by atoms with Gasteiger partial charge in [-0.25, -0.2) is 0 Å². The Labute approximate surface area is 78.1 Å². The molecule has 1 fully saturated rings. The van der Waals surface area contributed by atoms with Crippen molar-refractivity contribution in [3.05, 3.63) is 12.7 Å². The topological polar surface area (TPSA) is 57.5 Å². The average Bonchev–Trinajstić information content (AvgIpc) is 2.00. The van der Waals surface area contributed by atoms with Crippen LogP contribution in [0.4, 0.5) is 0 Å². The number of hydrogen-bond donors (Lipinski definition) is 2. The van der Waals surface area contributed by atoms with Gasteiger partial charge in [0.15, 0.2) is 5.78 Å². The van der Waals surface area contributed by atoms with Crippen LogP contribution in [0, 0.1) is 5.41 Å². The second kappa shape index (κ2) is 3.60. The van der Waals surface area contributed by atoms with E-state index in [1.54, 1.807) is 6.08 Å². The fourth-order valence-electron chi connectivity index (χ4n) is 1.93. The summed E-state index contributed by atoms with van der Waals surface area (Å²) in [7, 11) is 0. The fourth-order valence-corrected chi connectivity index (χ4v) is 1.93. The standard InChI is InChI=1S/C10H16O3/c1-3-4-10(2)5-7(11)9(13)8(12)6-10/h3,7,9,11,13H,1,4-6H2,2H3/t7-,9-,10-/m1/s1. The van der Waals surface area contributed by atoms with Crippen molar-refractivity contribution < 1.29 is 15.0 Å². The molecule has 0 aliphatic heterocycles. The van der Waals surface area contributed by atoms with E-state index in [9.17, 15) is 15.0 Å². The molecule has 3 nitrogen and oxygen atoms in total. The van der Waals surface area contributed by atoms with E-state index in [1.165, 1.54) is 0 Å². The van der Waals surface area contributed by atoms with Gasteiger partial charge in [-0.2, -0.15) is 0 Å². The Morgan fingerprint density at radius 2 is 2.31 bits per heavy atom. The van der Waals surface area contributed by atoms with E-state index in [0.717, 1.165) is 0 Å². The summed E-state index contributed by atoms with van der Waals surface area (Å²) in [6.45, 7) is 5.55. The summed E-state index contributed by atoms with van der Waals surface area (Å²) in [5.74, 6) is -0.261. The molecule has 3 atom stereocenters. The SMILES string of the molecule is C=CC[C@@]1(C)CC(=O)[C@H](O)[C@H](O)C1. The van der Waals surface area contributed by atoms with Crippen LogP contribution in [-0.2, 0) is 4.79 Å². The van der Waals surface area contributed by atoms with Gasteiger partial charge in [-0.15, -0.1) is 6.58 Å². The minimum absolute atomic E-state index is 0.225. The van der Waals surface area contributed by atoms with Crippen molar-refractivity contribution in [2.75, 3.05) is 0 Å². The number of aliphatic hydroxyl groups is 2. The van der Waals surface area contributed by atoms with Crippen molar-refractivity contribution in [2.24, 2.45) is 5.41 Å². The maximum atomic E-state index is 11.3. The largest absolute Gasteiger partial charge is 0.390 e. The molecule has 1 rings (SSSR count). The Hall–Kier alpha value is -0.670. The van der Waals surface area contributed by atoms with Crippen LogP contribution in [0.5, 0.6) is 0 Å². The third-order valence-electron chi connectivity index (χ3n) is 2.63. The number of carbonyl (C=O) groups is 1. The zero-order chi connectivity index (χ0) is 10.1. The van der Waals surface area contributed by atoms with Crippen molar-refractivity contribution >= 4 is 5.78 Å². The van der Waals surface area contributed by atoms with Crippen molar-refractivity contribution in [1.82, 2.24) is 0 Å². The molecule has 1 aliphatic carbocycles. The Bertz CT molecular complexity index is 224. The number of ketones is 1. The molecule has 0 aromatic carbocycles. The molecule has 0 spiro atoms. The summed E-state index contributed by atoms with van der Waals surface area (Å²) in [5, 5.41) is 18.6. The third-order valence-corrected chi connectivity index (χ3v) is 2.63. The van der Waals surface area contributed by atoms with E-state index >= 15 is 0 Å². The van der Waals surface area contributed by atoms with Crippen LogP contribution in [0.25, 0.3) is 0 Å². The molecule has 74 valence electrons. The van der Waals surface area contributed by atoms with Crippen LogP contribution in [0.15, 0.2) is 12.7 Å². The molecule has 0 unspecified atom stereocenters. The Morgan fingerprint density at radius 1 is 1.69 bits per heavy atom. The molecule has 0 amide bonds. The zero-order valence-corrected chi connectivity index (χ0v) is 7.86. The first-order valence-corrected chi connectivity index (χ1v) is 4.48. The van der Waals surface area contributed by atoms with Gasteiger partial charge in [0.05, 0.1) is 6.10 Å². The highest BCUT2D eigenvalue weighted by molar-refractivity contribution is 5.85. The van der Waals surface area contributed by atoms with Gasteiger partial charge in [0.2, 0.25) is 0 Å². The van der Waals surface area contributed by atoms with Crippen LogP contribution >= 0.6 is 0 Å². The highest BCUT2D eigenvalue weighted by Gasteiger charge is 2.40. The Balaban J connectivity index is 2.72. The molecule has 1 saturated carbocycles. The molecular weight excluding hydrogens is 168 g/mol. The minimum atomic E-state index is -1.18. The number of hydrogen-bond acceptors (Lipinski definition) is 3. The second-order valence-corrected chi connectivity index (χ2v) is 4.16. The van der Waals surface area contributed by atoms with Crippen LogP contribution in [-0.4, -0.2) is 28.2 Å². The molecular formula is C10H16O3. The van der Waals surface area contributed by atoms with Crippen LogP contribution < -0.4 is 0 Å². The molecule has 0 heterocycles. The lowest BCUT2D eigenvalue weighted by Crippen LogP contribution is -2.45. The summed E-state index contributed by atoms with van der Waals surface area (Å²) >= 11 is 0. The molecule has 3 heteroatoms. The molecule has 13 heavy (non-hydrogen) atoms. The van der Waals surface area contributed by atoms with E-state index in [1.807, 2.05) is 6.92 Å². The van der Waals surface area contributed by atoms with Crippen molar-refractivity contribution in [3.8, 4) is 0 Å². The smallest absolute Gasteiger partial charge is 0.164 e. The summed E-state index contributed by atoms with van der Waals surface area (Å²) in [6.07, 6.45) is 1.15. The zero-order valence-electron chi connectivity index (χ0n) is 7.86. The van der Waals surface area contributed by atoms with Crippen LogP contribution in [0.3, 0.4) is 0 Å². The van der Waals surface area contributed by atoms with Gasteiger partial charge in [-0.05, 0) is 18.3 Å². The minimum Gasteiger partial charge on any atom is -0.390 e. The highest BCUT2D eigenvalue weighted by atomic mass is 16.3. The predicted octanol–water partition coefficient (Wildman–Crippen LogP) is 0.653. The first kappa shape index (κ1) is 10.4. The van der Waals surface area contributed by atoms with Gasteiger partial charge >= 0.3 is 0 Å². The first-order valence-electron chi connectivity index (χ1n) is 4.48. The van der Waals surface area contributed by atoms with E-state index in [2.05, 4.69) is 6.58 Å². The second-order valence-electron chi connectivity index (χ2n) is 4.16. The molecule has 0 radical (unpaired) electrons. The number of carbonyl (C=O) groups excluding carboxylic acids is 1. The summed E-state index contributed by atoms with van der Waals surface area (Å²) in [5.41, 5.74) is -0.225. The molecule has 1 aliphatic rings. The average molecular weight is 184 g/mol. The van der Waals surface area contributed by atoms with Crippen molar-refractivity contribution in [1.29, 1.82) is 0 Å². The van der Waals surface area contributed by atoms with Gasteiger partial charge in [-0.1, -0.05) is 13.0 Å². The van der Waals surface area contributed by atoms with E-state index in [0.29, 0.717) is 19.3 Å². The van der Waals surface area contributed by atoms with Gasteiger partial charge < -0.3 is 10.2 Å². The monoisotopic (exact) mass is 184 g/mol. The lowest BCUT2D eigenvalue weighted by molar-refractivity contribution is -0.143. The number of aliphatic hydroxyl groups excluding tert-OH is 2. The number of Topliss-reactive ketones (excluding diaryl/α,β-unsaturated/α-hetero) is 1. The molecule has 0 saturated heterocycles. The summed E-state index contributed by atoms with van der Waals surface area (Å²) in [6, 6.07) is 0. The lowest BCUT2D eigenvalue weighted by atomic mass is 9.71. The van der Waals surface area contributed by atoms with Gasteiger partial charge in [0.25, 0.3) is 0 Å². The molecule has 2 N–H and O–H groups in total. The fraction of sp³-hybridized carbons (Fsp3) is 0.700. The Morgan fingerprint density at radius 3 is 2.77 bits per heavy atom. The highest BCUT2D eigenvalue weighted by Crippen LogP contribution is 2.37. The summed E-state index contributed by atoms with van der Waals surface area (Å²) < 4.78 is 0. The summed E-state index contributed by atoms with van der Waals surface area (Å²) in [4.78, 5) is 11.3. The van der Waals surface area contributed by atoms with Crippen LogP contribution in [0.1, 0.15) is 26.2 Å². The van der Waals surface area contributed by atoms with Crippen LogP contribution in [0.2, 0.25) is 0 Å². The molecule has 0 bridgehead atoms. The number of allylic oxidation sites excluding steroid dienone is 1. The maximum Gasteiger partial charge on any atom is 0.164 e. The lowest BCUT2D eigenvalue weighted by Gasteiger charge is -2.37. The van der Waals surface area contributed by atoms with E-state index in [-0.39, 0.29) is 11.2 Å². The van der Waals surface area contributed by atoms with E-state index < -0.39 is 12.2 Å². The molecule has 0 aromatic heterocycles. The quantitative estimate of drug-likeness (QED) is 0.620. The maximum absolute atomic E-state index is 11.3. The molecule has 0 aromatic rings. The van der Waals surface area contributed by atoms with Gasteiger partial charge in [0, 0.05) is 6.42 Å². The number of rotatable bonds is 2. The predicted molar refractivity (Wildman–Crippen MR) is 49.2 cm³/mol. The third kappa shape index (κ3) is 2.17. The van der Waals surface area contributed by atoms with Gasteiger partial charge in [0.1, 0.15) is 6.10 Å². The van der Waals surface area contributed by atoms with E-state index in [4.69, 9.17) is 0 Å². The van der Waals surface area contributed by atoms with Crippen molar-refractivity contribution in [2.45, 2.75) is 38.4 Å². The Kier molecular flexibility index (Phi) is 2.88. The normalized spacial score (nSPS) is 40.4. The first-order chi connectivity index (χ1) is 5.98. The van der Waals surface area contributed by atoms with Crippen molar-refractivity contribution in [3.63, 3.8) is 0 Å². The van der Waals surface area contributed by atoms with Gasteiger partial charge in [-0.3, -0.25) is 4.79 Å².